The molecule has 2 heterocycles. The lowest BCUT2D eigenvalue weighted by Gasteiger charge is -2.32. The molecule has 1 saturated heterocycles. The van der Waals surface area contributed by atoms with Gasteiger partial charge in [-0.1, -0.05) is 31.9 Å². The Hall–Kier alpha value is -3.16. The first-order valence-electron chi connectivity index (χ1n) is 11.3. The van der Waals surface area contributed by atoms with Crippen LogP contribution in [0.4, 0.5) is 4.79 Å². The quantitative estimate of drug-likeness (QED) is 0.562. The second-order valence-electron chi connectivity index (χ2n) is 8.63. The SMILES string of the molecule is C=CCOC(=O)NC1CCN(C(=O)c2ccc3c(c2)C(=O)N(C2CCCCC2)C3=O)CC1. The van der Waals surface area contributed by atoms with Crippen LogP contribution in [-0.4, -0.2) is 65.4 Å². The summed E-state index contributed by atoms with van der Waals surface area (Å²) in [5.41, 5.74) is 1.12. The van der Waals surface area contributed by atoms with Gasteiger partial charge in [-0.25, -0.2) is 4.79 Å². The van der Waals surface area contributed by atoms with E-state index in [4.69, 9.17) is 4.74 Å². The van der Waals surface area contributed by atoms with Crippen molar-refractivity contribution in [2.75, 3.05) is 19.7 Å². The molecule has 3 aliphatic rings. The monoisotopic (exact) mass is 439 g/mol. The number of alkyl carbamates (subject to hydrolysis) is 1. The minimum absolute atomic E-state index is 0.0417. The predicted molar refractivity (Wildman–Crippen MR) is 117 cm³/mol. The highest BCUT2D eigenvalue weighted by Crippen LogP contribution is 2.31. The molecule has 1 aromatic rings. The third kappa shape index (κ3) is 4.40. The number of rotatable bonds is 5. The molecule has 1 aromatic carbocycles. The normalized spacial score (nSPS) is 19.6. The number of likely N-dealkylation sites (tertiary alicyclic amines) is 1. The fourth-order valence-corrected chi connectivity index (χ4v) is 4.82. The van der Waals surface area contributed by atoms with Gasteiger partial charge in [-0.15, -0.1) is 0 Å². The molecule has 1 saturated carbocycles. The minimum atomic E-state index is -0.487. The first-order chi connectivity index (χ1) is 15.5. The smallest absolute Gasteiger partial charge is 0.407 e. The molecule has 0 radical (unpaired) electrons. The lowest BCUT2D eigenvalue weighted by atomic mass is 9.94. The number of fused-ring (bicyclic) bond motifs is 1. The number of piperidine rings is 1. The van der Waals surface area contributed by atoms with Crippen LogP contribution in [0.2, 0.25) is 0 Å². The maximum Gasteiger partial charge on any atom is 0.407 e. The summed E-state index contributed by atoms with van der Waals surface area (Å²) in [7, 11) is 0. The van der Waals surface area contributed by atoms with Gasteiger partial charge in [-0.2, -0.15) is 0 Å². The molecule has 0 bridgehead atoms. The topological polar surface area (TPSA) is 96.0 Å². The number of imide groups is 1. The Labute approximate surface area is 187 Å². The van der Waals surface area contributed by atoms with Gasteiger partial charge in [0.15, 0.2) is 0 Å². The van der Waals surface area contributed by atoms with Crippen molar-refractivity contribution in [2.24, 2.45) is 0 Å². The Balaban J connectivity index is 1.39. The van der Waals surface area contributed by atoms with Gasteiger partial charge in [0, 0.05) is 30.7 Å². The molecule has 0 spiro atoms. The fourth-order valence-electron chi connectivity index (χ4n) is 4.82. The number of hydrogen-bond donors (Lipinski definition) is 1. The molecule has 0 atom stereocenters. The van der Waals surface area contributed by atoms with Gasteiger partial charge in [0.2, 0.25) is 0 Å². The molecule has 4 amide bonds. The minimum Gasteiger partial charge on any atom is -0.445 e. The van der Waals surface area contributed by atoms with Crippen LogP contribution in [0.15, 0.2) is 30.9 Å². The third-order valence-electron chi connectivity index (χ3n) is 6.54. The molecule has 32 heavy (non-hydrogen) atoms. The van der Waals surface area contributed by atoms with E-state index in [9.17, 15) is 19.2 Å². The summed E-state index contributed by atoms with van der Waals surface area (Å²) in [5, 5.41) is 2.80. The summed E-state index contributed by atoms with van der Waals surface area (Å²) >= 11 is 0. The average molecular weight is 440 g/mol. The Kier molecular flexibility index (Phi) is 6.58. The summed E-state index contributed by atoms with van der Waals surface area (Å²) in [6.07, 6.45) is 7.14. The van der Waals surface area contributed by atoms with Crippen LogP contribution in [0, 0.1) is 0 Å². The van der Waals surface area contributed by atoms with Crippen molar-refractivity contribution in [3.05, 3.63) is 47.5 Å². The Bertz CT molecular complexity index is 930. The van der Waals surface area contributed by atoms with Crippen LogP contribution in [-0.2, 0) is 4.74 Å². The Morgan fingerprint density at radius 2 is 1.72 bits per heavy atom. The number of hydrogen-bond acceptors (Lipinski definition) is 5. The lowest BCUT2D eigenvalue weighted by molar-refractivity contribution is 0.0548. The summed E-state index contributed by atoms with van der Waals surface area (Å²) in [5.74, 6) is -0.699. The second kappa shape index (κ2) is 9.54. The zero-order valence-electron chi connectivity index (χ0n) is 18.2. The van der Waals surface area contributed by atoms with E-state index >= 15 is 0 Å². The van der Waals surface area contributed by atoms with Crippen molar-refractivity contribution in [1.82, 2.24) is 15.1 Å². The number of benzene rings is 1. The molecular formula is C24H29N3O5. The molecule has 170 valence electrons. The van der Waals surface area contributed by atoms with E-state index in [1.807, 2.05) is 0 Å². The van der Waals surface area contributed by atoms with Crippen LogP contribution in [0.1, 0.15) is 76.0 Å². The van der Waals surface area contributed by atoms with Gasteiger partial charge >= 0.3 is 6.09 Å². The summed E-state index contributed by atoms with van der Waals surface area (Å²) in [4.78, 5) is 53.7. The van der Waals surface area contributed by atoms with Gasteiger partial charge in [0.25, 0.3) is 17.7 Å². The van der Waals surface area contributed by atoms with Gasteiger partial charge < -0.3 is 15.0 Å². The van der Waals surface area contributed by atoms with Crippen molar-refractivity contribution in [3.8, 4) is 0 Å². The maximum atomic E-state index is 13.0. The van der Waals surface area contributed by atoms with E-state index in [2.05, 4.69) is 11.9 Å². The van der Waals surface area contributed by atoms with Crippen molar-refractivity contribution < 1.29 is 23.9 Å². The molecule has 8 nitrogen and oxygen atoms in total. The first kappa shape index (κ1) is 22.0. The van der Waals surface area contributed by atoms with Crippen molar-refractivity contribution in [3.63, 3.8) is 0 Å². The standard InChI is InChI=1S/C24H29N3O5/c1-2-14-32-24(31)25-17-10-12-26(13-11-17)21(28)16-8-9-19-20(15-16)23(30)27(22(19)29)18-6-4-3-5-7-18/h2,8-9,15,17-18H,1,3-7,10-14H2,(H,25,31). The third-order valence-corrected chi connectivity index (χ3v) is 6.54. The van der Waals surface area contributed by atoms with Crippen molar-refractivity contribution in [1.29, 1.82) is 0 Å². The zero-order chi connectivity index (χ0) is 22.7. The molecule has 1 N–H and O–H groups in total. The number of ether oxygens (including phenoxy) is 1. The van der Waals surface area contributed by atoms with Crippen LogP contribution in [0.5, 0.6) is 0 Å². The van der Waals surface area contributed by atoms with E-state index in [1.165, 1.54) is 11.0 Å². The van der Waals surface area contributed by atoms with Gasteiger partial charge in [-0.3, -0.25) is 19.3 Å². The number of nitrogens with zero attached hydrogens (tertiary/aromatic N) is 2. The number of nitrogens with one attached hydrogen (secondary N) is 1. The Morgan fingerprint density at radius 3 is 2.41 bits per heavy atom. The molecule has 4 rings (SSSR count). The van der Waals surface area contributed by atoms with E-state index < -0.39 is 6.09 Å². The number of amides is 4. The Morgan fingerprint density at radius 1 is 1.03 bits per heavy atom. The molecule has 2 fully saturated rings. The van der Waals surface area contributed by atoms with Crippen molar-refractivity contribution in [2.45, 2.75) is 57.0 Å². The summed E-state index contributed by atoms with van der Waals surface area (Å²) in [6, 6.07) is 4.71. The van der Waals surface area contributed by atoms with E-state index in [0.29, 0.717) is 42.6 Å². The van der Waals surface area contributed by atoms with E-state index in [1.54, 1.807) is 23.1 Å². The highest BCUT2D eigenvalue weighted by molar-refractivity contribution is 6.22. The highest BCUT2D eigenvalue weighted by Gasteiger charge is 2.40. The van der Waals surface area contributed by atoms with Crippen LogP contribution in [0.25, 0.3) is 0 Å². The largest absolute Gasteiger partial charge is 0.445 e. The average Bonchev–Trinajstić information content (AvgIpc) is 3.07. The second-order valence-corrected chi connectivity index (χ2v) is 8.63. The maximum absolute atomic E-state index is 13.0. The number of carbonyl (C=O) groups is 4. The highest BCUT2D eigenvalue weighted by atomic mass is 16.5. The fraction of sp³-hybridized carbons (Fsp3) is 0.500. The molecule has 0 aromatic heterocycles. The molecule has 2 aliphatic heterocycles. The van der Waals surface area contributed by atoms with Gasteiger partial charge in [0.05, 0.1) is 11.1 Å². The molecule has 1 aliphatic carbocycles. The zero-order valence-corrected chi connectivity index (χ0v) is 18.2. The van der Waals surface area contributed by atoms with Crippen LogP contribution < -0.4 is 5.32 Å². The molecular weight excluding hydrogens is 410 g/mol. The summed E-state index contributed by atoms with van der Waals surface area (Å²) < 4.78 is 4.94. The van der Waals surface area contributed by atoms with E-state index in [0.717, 1.165) is 32.1 Å². The number of carbonyl (C=O) groups excluding carboxylic acids is 4. The van der Waals surface area contributed by atoms with Crippen molar-refractivity contribution >= 4 is 23.8 Å². The lowest BCUT2D eigenvalue weighted by Crippen LogP contribution is -2.46. The first-order valence-corrected chi connectivity index (χ1v) is 11.3. The summed E-state index contributed by atoms with van der Waals surface area (Å²) in [6.45, 7) is 4.64. The molecule has 8 heteroatoms. The van der Waals surface area contributed by atoms with Crippen LogP contribution in [0.3, 0.4) is 0 Å². The molecule has 0 unspecified atom stereocenters. The predicted octanol–water partition coefficient (Wildman–Crippen LogP) is 3.13. The van der Waals surface area contributed by atoms with E-state index in [-0.39, 0.29) is 36.4 Å². The van der Waals surface area contributed by atoms with Crippen LogP contribution >= 0.6 is 0 Å². The van der Waals surface area contributed by atoms with Gasteiger partial charge in [0.1, 0.15) is 6.61 Å². The van der Waals surface area contributed by atoms with Gasteiger partial charge in [-0.05, 0) is 43.9 Å².